The maximum Gasteiger partial charge on any atom is 0.359 e. The maximum atomic E-state index is 12.6. The Labute approximate surface area is 165 Å². The molecule has 1 aromatic heterocycles. The molecule has 0 spiro atoms. The van der Waals surface area contributed by atoms with Crippen LogP contribution < -0.4 is 9.80 Å². The Morgan fingerprint density at radius 3 is 1.67 bits per heavy atom. The molecular formula is C21H38N4O2. The second-order valence-electron chi connectivity index (χ2n) is 9.13. The van der Waals surface area contributed by atoms with Gasteiger partial charge in [-0.1, -0.05) is 0 Å². The molecule has 0 aliphatic heterocycles. The third kappa shape index (κ3) is 6.08. The minimum Gasteiger partial charge on any atom is -0.455 e. The van der Waals surface area contributed by atoms with Crippen molar-refractivity contribution in [3.8, 4) is 0 Å². The molecule has 0 unspecified atom stereocenters. The van der Waals surface area contributed by atoms with Crippen molar-refractivity contribution < 1.29 is 9.53 Å². The molecule has 1 heterocycles. The van der Waals surface area contributed by atoms with Crippen molar-refractivity contribution in [1.82, 2.24) is 10.2 Å². The number of nitrogens with zero attached hydrogens (tertiary/aromatic N) is 4. The molecule has 0 amide bonds. The van der Waals surface area contributed by atoms with Gasteiger partial charge in [0.05, 0.1) is 5.69 Å². The summed E-state index contributed by atoms with van der Waals surface area (Å²) >= 11 is 0. The van der Waals surface area contributed by atoms with Crippen molar-refractivity contribution in [2.75, 3.05) is 9.80 Å². The summed E-state index contributed by atoms with van der Waals surface area (Å²) in [4.78, 5) is 17.1. The van der Waals surface area contributed by atoms with Crippen LogP contribution in [0.3, 0.4) is 0 Å². The fourth-order valence-electron chi connectivity index (χ4n) is 3.42. The molecule has 0 aliphatic carbocycles. The predicted octanol–water partition coefficient (Wildman–Crippen LogP) is 4.68. The highest BCUT2D eigenvalue weighted by molar-refractivity contribution is 5.89. The van der Waals surface area contributed by atoms with Crippen LogP contribution in [0, 0.1) is 0 Å². The Morgan fingerprint density at radius 2 is 1.30 bits per heavy atom. The molecule has 1 aromatic rings. The summed E-state index contributed by atoms with van der Waals surface area (Å²) in [7, 11) is 0. The van der Waals surface area contributed by atoms with Gasteiger partial charge in [0.25, 0.3) is 0 Å². The van der Waals surface area contributed by atoms with E-state index in [1.165, 1.54) is 0 Å². The smallest absolute Gasteiger partial charge is 0.359 e. The van der Waals surface area contributed by atoms with Crippen molar-refractivity contribution in [2.45, 2.75) is 106 Å². The van der Waals surface area contributed by atoms with E-state index in [1.54, 1.807) is 0 Å². The Bertz CT molecular complexity index is 618. The normalized spacial score (nSPS) is 12.3. The third-order valence-corrected chi connectivity index (χ3v) is 4.11. The molecule has 0 N–H and O–H groups in total. The van der Waals surface area contributed by atoms with Gasteiger partial charge in [-0.2, -0.15) is 0 Å². The van der Waals surface area contributed by atoms with Gasteiger partial charge in [-0.25, -0.2) is 4.79 Å². The molecule has 6 nitrogen and oxygen atoms in total. The largest absolute Gasteiger partial charge is 0.455 e. The zero-order chi connectivity index (χ0) is 21.1. The predicted molar refractivity (Wildman–Crippen MR) is 113 cm³/mol. The minimum absolute atomic E-state index is 0.238. The van der Waals surface area contributed by atoms with E-state index in [0.29, 0.717) is 0 Å². The number of hydrogen-bond acceptors (Lipinski definition) is 6. The van der Waals surface area contributed by atoms with Gasteiger partial charge in [0, 0.05) is 30.2 Å². The molecule has 0 radical (unpaired) electrons. The first-order chi connectivity index (χ1) is 12.3. The fraction of sp³-hybridized carbons (Fsp3) is 0.762. The minimum atomic E-state index is -0.574. The van der Waals surface area contributed by atoms with Gasteiger partial charge in [0.15, 0.2) is 11.5 Å². The van der Waals surface area contributed by atoms with Crippen LogP contribution in [0.25, 0.3) is 0 Å². The Balaban J connectivity index is 3.58. The van der Waals surface area contributed by atoms with Gasteiger partial charge in [-0.05, 0) is 76.2 Å². The lowest BCUT2D eigenvalue weighted by atomic mass is 10.1. The van der Waals surface area contributed by atoms with Crippen LogP contribution in [0.5, 0.6) is 0 Å². The van der Waals surface area contributed by atoms with Crippen LogP contribution in [-0.2, 0) is 4.74 Å². The van der Waals surface area contributed by atoms with E-state index in [2.05, 4.69) is 75.4 Å². The monoisotopic (exact) mass is 378 g/mol. The number of anilines is 2. The number of carbonyl (C=O) groups excluding carboxylic acids is 1. The Hall–Kier alpha value is -1.85. The van der Waals surface area contributed by atoms with Crippen LogP contribution in [-0.4, -0.2) is 45.9 Å². The molecule has 1 rings (SSSR count). The highest BCUT2D eigenvalue weighted by Gasteiger charge is 2.28. The third-order valence-electron chi connectivity index (χ3n) is 4.11. The van der Waals surface area contributed by atoms with Gasteiger partial charge in [-0.15, -0.1) is 10.2 Å². The number of hydrogen-bond donors (Lipinski definition) is 0. The van der Waals surface area contributed by atoms with E-state index < -0.39 is 11.6 Å². The molecule has 0 atom stereocenters. The molecular weight excluding hydrogens is 340 g/mol. The van der Waals surface area contributed by atoms with Gasteiger partial charge in [0.1, 0.15) is 5.60 Å². The summed E-state index contributed by atoms with van der Waals surface area (Å²) in [5.41, 5.74) is 0.579. The van der Waals surface area contributed by atoms with E-state index in [4.69, 9.17) is 4.74 Å². The van der Waals surface area contributed by atoms with Crippen molar-refractivity contribution >= 4 is 17.5 Å². The van der Waals surface area contributed by atoms with Crippen molar-refractivity contribution in [2.24, 2.45) is 0 Å². The van der Waals surface area contributed by atoms with Gasteiger partial charge in [0.2, 0.25) is 0 Å². The van der Waals surface area contributed by atoms with Crippen molar-refractivity contribution in [1.29, 1.82) is 0 Å². The summed E-state index contributed by atoms with van der Waals surface area (Å²) in [5.74, 6) is 0.352. The van der Waals surface area contributed by atoms with E-state index in [1.807, 2.05) is 26.8 Å². The molecule has 0 saturated carbocycles. The SMILES string of the molecule is CC(C)N(c1cc(C(=O)OC(C)(C)C)nnc1N(C(C)C)C(C)C)C(C)C. The van der Waals surface area contributed by atoms with Gasteiger partial charge < -0.3 is 14.5 Å². The topological polar surface area (TPSA) is 58.6 Å². The average Bonchev–Trinajstić information content (AvgIpc) is 2.45. The summed E-state index contributed by atoms with van der Waals surface area (Å²) < 4.78 is 5.50. The van der Waals surface area contributed by atoms with Crippen LogP contribution >= 0.6 is 0 Å². The lowest BCUT2D eigenvalue weighted by molar-refractivity contribution is 0.00616. The average molecular weight is 379 g/mol. The van der Waals surface area contributed by atoms with E-state index >= 15 is 0 Å². The number of rotatable bonds is 7. The van der Waals surface area contributed by atoms with Crippen LogP contribution in [0.4, 0.5) is 11.5 Å². The van der Waals surface area contributed by atoms with Crippen molar-refractivity contribution in [3.63, 3.8) is 0 Å². The molecule has 0 aromatic carbocycles. The molecule has 0 fully saturated rings. The summed E-state index contributed by atoms with van der Waals surface area (Å²) in [6.07, 6.45) is 0. The molecule has 0 bridgehead atoms. The fourth-order valence-corrected chi connectivity index (χ4v) is 3.42. The van der Waals surface area contributed by atoms with Gasteiger partial charge in [-0.3, -0.25) is 0 Å². The zero-order valence-electron chi connectivity index (χ0n) is 19.0. The number of esters is 1. The highest BCUT2D eigenvalue weighted by Crippen LogP contribution is 2.33. The summed E-state index contributed by atoms with van der Waals surface area (Å²) in [6, 6.07) is 2.84. The zero-order valence-corrected chi connectivity index (χ0v) is 19.0. The second-order valence-corrected chi connectivity index (χ2v) is 9.13. The number of carbonyl (C=O) groups is 1. The van der Waals surface area contributed by atoms with E-state index in [9.17, 15) is 4.79 Å². The molecule has 0 saturated heterocycles. The first kappa shape index (κ1) is 23.2. The number of ether oxygens (including phenoxy) is 1. The molecule has 6 heteroatoms. The van der Waals surface area contributed by atoms with Crippen LogP contribution in [0.15, 0.2) is 6.07 Å². The second kappa shape index (κ2) is 8.89. The first-order valence-electron chi connectivity index (χ1n) is 9.94. The molecule has 0 aliphatic rings. The van der Waals surface area contributed by atoms with E-state index in [0.717, 1.165) is 11.5 Å². The quantitative estimate of drug-likeness (QED) is 0.642. The van der Waals surface area contributed by atoms with Gasteiger partial charge >= 0.3 is 5.97 Å². The first-order valence-corrected chi connectivity index (χ1v) is 9.94. The maximum absolute atomic E-state index is 12.6. The number of aromatic nitrogens is 2. The standard InChI is InChI=1S/C21H38N4O2/c1-13(2)24(14(3)4)18-12-17(20(26)27-21(9,10)11)22-23-19(18)25(15(5)6)16(7)8/h12-16H,1-11H3. The van der Waals surface area contributed by atoms with E-state index in [-0.39, 0.29) is 29.9 Å². The van der Waals surface area contributed by atoms with Crippen LogP contribution in [0.1, 0.15) is 86.6 Å². The summed E-state index contributed by atoms with van der Waals surface area (Å²) in [5, 5.41) is 8.71. The Morgan fingerprint density at radius 1 is 0.852 bits per heavy atom. The lowest BCUT2D eigenvalue weighted by Crippen LogP contribution is -2.42. The van der Waals surface area contributed by atoms with Crippen LogP contribution in [0.2, 0.25) is 0 Å². The highest BCUT2D eigenvalue weighted by atomic mass is 16.6. The lowest BCUT2D eigenvalue weighted by Gasteiger charge is -2.39. The Kier molecular flexibility index (Phi) is 7.64. The molecule has 154 valence electrons. The summed E-state index contributed by atoms with van der Waals surface area (Å²) in [6.45, 7) is 22.7. The van der Waals surface area contributed by atoms with Crippen molar-refractivity contribution in [3.05, 3.63) is 11.8 Å². The molecule has 27 heavy (non-hydrogen) atoms.